The SMILES string of the molecule is C=C1NC(=O)C/C1=C\c1cnn2c(NC3CC3)cc(Nc3cccc(C(F)(F)F)c3)nc12. The lowest BCUT2D eigenvalue weighted by atomic mass is 10.1. The van der Waals surface area contributed by atoms with Gasteiger partial charge in [-0.25, -0.2) is 4.98 Å². The number of benzene rings is 1. The van der Waals surface area contributed by atoms with Gasteiger partial charge in [0.25, 0.3) is 0 Å². The van der Waals surface area contributed by atoms with Crippen molar-refractivity contribution in [2.45, 2.75) is 31.5 Å². The number of rotatable bonds is 5. The molecule has 3 heterocycles. The first-order valence-electron chi connectivity index (χ1n) is 10.1. The summed E-state index contributed by atoms with van der Waals surface area (Å²) in [5.74, 6) is 0.921. The average molecular weight is 440 g/mol. The van der Waals surface area contributed by atoms with E-state index in [9.17, 15) is 18.0 Å². The number of carbonyl (C=O) groups excluding carboxylic acids is 1. The number of halogens is 3. The number of amides is 1. The Labute approximate surface area is 181 Å². The Morgan fingerprint density at radius 3 is 2.75 bits per heavy atom. The van der Waals surface area contributed by atoms with Gasteiger partial charge in [0.2, 0.25) is 5.91 Å². The van der Waals surface area contributed by atoms with Gasteiger partial charge in [-0.15, -0.1) is 0 Å². The fourth-order valence-corrected chi connectivity index (χ4v) is 3.50. The summed E-state index contributed by atoms with van der Waals surface area (Å²) >= 11 is 0. The van der Waals surface area contributed by atoms with Crippen molar-refractivity contribution in [3.8, 4) is 0 Å². The number of hydrogen-bond donors (Lipinski definition) is 3. The molecule has 0 radical (unpaired) electrons. The summed E-state index contributed by atoms with van der Waals surface area (Å²) in [4.78, 5) is 16.2. The Bertz CT molecular complexity index is 1270. The molecule has 1 aliphatic carbocycles. The van der Waals surface area contributed by atoms with Crippen molar-refractivity contribution in [3.63, 3.8) is 0 Å². The van der Waals surface area contributed by atoms with Crippen LogP contribution in [0.1, 0.15) is 30.4 Å². The number of allylic oxidation sites excluding steroid dienone is 1. The van der Waals surface area contributed by atoms with Gasteiger partial charge in [-0.1, -0.05) is 12.6 Å². The molecule has 10 heteroatoms. The average Bonchev–Trinajstić information content (AvgIpc) is 3.36. The Hall–Kier alpha value is -3.82. The fourth-order valence-electron chi connectivity index (χ4n) is 3.50. The summed E-state index contributed by atoms with van der Waals surface area (Å²) in [6.45, 7) is 3.85. The molecule has 3 aromatic rings. The van der Waals surface area contributed by atoms with Crippen LogP contribution < -0.4 is 16.0 Å². The van der Waals surface area contributed by atoms with Crippen LogP contribution in [-0.2, 0) is 11.0 Å². The first kappa shape index (κ1) is 20.1. The zero-order chi connectivity index (χ0) is 22.5. The van der Waals surface area contributed by atoms with Gasteiger partial charge in [0, 0.05) is 29.1 Å². The van der Waals surface area contributed by atoms with Crippen molar-refractivity contribution in [2.24, 2.45) is 0 Å². The molecule has 5 rings (SSSR count). The highest BCUT2D eigenvalue weighted by Crippen LogP contribution is 2.33. The van der Waals surface area contributed by atoms with E-state index in [1.165, 1.54) is 6.07 Å². The lowest BCUT2D eigenvalue weighted by molar-refractivity contribution is -0.137. The van der Waals surface area contributed by atoms with Crippen LogP contribution in [0.3, 0.4) is 0 Å². The number of aromatic nitrogens is 3. The van der Waals surface area contributed by atoms with Crippen LogP contribution in [0.2, 0.25) is 0 Å². The second kappa shape index (κ2) is 7.40. The molecular formula is C22H19F3N6O. The summed E-state index contributed by atoms with van der Waals surface area (Å²) in [6.07, 6.45) is 1.28. The van der Waals surface area contributed by atoms with E-state index in [1.807, 2.05) is 0 Å². The Balaban J connectivity index is 1.55. The van der Waals surface area contributed by atoms with Crippen LogP contribution in [-0.4, -0.2) is 26.5 Å². The minimum absolute atomic E-state index is 0.131. The number of alkyl halides is 3. The standard InChI is InChI=1S/C22H19F3N6O/c1-12-13(8-20(32)27-12)7-14-11-26-31-19(29-16-5-6-16)10-18(30-21(14)31)28-17-4-2-3-15(9-17)22(23,24)25/h2-4,7,9-11,16,29H,1,5-6,8H2,(H,27,32)(H,28,30)/b13-7+. The van der Waals surface area contributed by atoms with Gasteiger partial charge in [-0.3, -0.25) is 4.79 Å². The summed E-state index contributed by atoms with van der Waals surface area (Å²) in [7, 11) is 0. The minimum atomic E-state index is -4.44. The van der Waals surface area contributed by atoms with E-state index >= 15 is 0 Å². The second-order valence-electron chi connectivity index (χ2n) is 7.86. The normalized spacial score (nSPS) is 17.8. The van der Waals surface area contributed by atoms with Crippen LogP contribution in [0, 0.1) is 0 Å². The van der Waals surface area contributed by atoms with Crippen LogP contribution in [0.5, 0.6) is 0 Å². The summed E-state index contributed by atoms with van der Waals surface area (Å²) < 4.78 is 40.9. The third kappa shape index (κ3) is 4.03. The van der Waals surface area contributed by atoms with Crippen LogP contribution in [0.25, 0.3) is 11.7 Å². The molecule has 7 nitrogen and oxygen atoms in total. The summed E-state index contributed by atoms with van der Waals surface area (Å²) in [5, 5.41) is 13.4. The zero-order valence-corrected chi connectivity index (χ0v) is 16.8. The number of nitrogens with zero attached hydrogens (tertiary/aromatic N) is 3. The highest BCUT2D eigenvalue weighted by Gasteiger charge is 2.30. The molecule has 1 aromatic carbocycles. The van der Waals surface area contributed by atoms with Crippen molar-refractivity contribution < 1.29 is 18.0 Å². The van der Waals surface area contributed by atoms with Crippen molar-refractivity contribution >= 4 is 35.0 Å². The van der Waals surface area contributed by atoms with E-state index in [1.54, 1.807) is 28.9 Å². The van der Waals surface area contributed by atoms with Gasteiger partial charge in [0.1, 0.15) is 11.6 Å². The molecule has 2 aromatic heterocycles. The fraction of sp³-hybridized carbons (Fsp3) is 0.227. The number of hydrogen-bond acceptors (Lipinski definition) is 5. The minimum Gasteiger partial charge on any atom is -0.367 e. The smallest absolute Gasteiger partial charge is 0.367 e. The molecule has 0 unspecified atom stereocenters. The number of fused-ring (bicyclic) bond motifs is 1. The molecular weight excluding hydrogens is 421 g/mol. The third-order valence-corrected chi connectivity index (χ3v) is 5.25. The van der Waals surface area contributed by atoms with Gasteiger partial charge in [0.05, 0.1) is 18.2 Å². The van der Waals surface area contributed by atoms with Gasteiger partial charge >= 0.3 is 6.18 Å². The molecule has 164 valence electrons. The lowest BCUT2D eigenvalue weighted by Crippen LogP contribution is -2.10. The summed E-state index contributed by atoms with van der Waals surface area (Å²) in [6, 6.07) is 7.00. The topological polar surface area (TPSA) is 83.4 Å². The second-order valence-corrected chi connectivity index (χ2v) is 7.86. The quantitative estimate of drug-likeness (QED) is 0.545. The molecule has 1 amide bonds. The molecule has 1 saturated carbocycles. The van der Waals surface area contributed by atoms with Crippen LogP contribution in [0.15, 0.2) is 54.4 Å². The van der Waals surface area contributed by atoms with E-state index in [0.717, 1.165) is 30.5 Å². The van der Waals surface area contributed by atoms with Gasteiger partial charge in [-0.05, 0) is 42.7 Å². The molecule has 0 bridgehead atoms. The zero-order valence-electron chi connectivity index (χ0n) is 16.8. The Kier molecular flexibility index (Phi) is 4.65. The maximum atomic E-state index is 13.1. The highest BCUT2D eigenvalue weighted by atomic mass is 19.4. The number of anilines is 3. The molecule has 2 fully saturated rings. The van der Waals surface area contributed by atoms with E-state index in [2.05, 4.69) is 32.6 Å². The van der Waals surface area contributed by atoms with Gasteiger partial charge in [0.15, 0.2) is 5.65 Å². The molecule has 32 heavy (non-hydrogen) atoms. The highest BCUT2D eigenvalue weighted by molar-refractivity contribution is 5.89. The maximum Gasteiger partial charge on any atom is 0.416 e. The largest absolute Gasteiger partial charge is 0.416 e. The monoisotopic (exact) mass is 440 g/mol. The molecule has 2 aliphatic rings. The van der Waals surface area contributed by atoms with Crippen LogP contribution in [0.4, 0.5) is 30.5 Å². The van der Waals surface area contributed by atoms with Gasteiger partial charge in [-0.2, -0.15) is 22.8 Å². The molecule has 3 N–H and O–H groups in total. The molecule has 1 aliphatic heterocycles. The van der Waals surface area contributed by atoms with Crippen molar-refractivity contribution in [3.05, 3.63) is 65.5 Å². The molecule has 1 saturated heterocycles. The van der Waals surface area contributed by atoms with E-state index in [0.29, 0.717) is 34.6 Å². The Morgan fingerprint density at radius 2 is 2.06 bits per heavy atom. The van der Waals surface area contributed by atoms with Crippen LogP contribution >= 0.6 is 0 Å². The predicted molar refractivity (Wildman–Crippen MR) is 114 cm³/mol. The van der Waals surface area contributed by atoms with Gasteiger partial charge < -0.3 is 16.0 Å². The first-order chi connectivity index (χ1) is 15.3. The summed E-state index contributed by atoms with van der Waals surface area (Å²) in [5.41, 5.74) is 1.97. The third-order valence-electron chi connectivity index (χ3n) is 5.25. The number of carbonyl (C=O) groups is 1. The maximum absolute atomic E-state index is 13.1. The first-order valence-corrected chi connectivity index (χ1v) is 10.1. The van der Waals surface area contributed by atoms with E-state index in [-0.39, 0.29) is 18.0 Å². The lowest BCUT2D eigenvalue weighted by Gasteiger charge is -2.13. The van der Waals surface area contributed by atoms with Crippen molar-refractivity contribution in [2.75, 3.05) is 10.6 Å². The van der Waals surface area contributed by atoms with Crippen molar-refractivity contribution in [1.29, 1.82) is 0 Å². The molecule has 0 atom stereocenters. The number of nitrogens with one attached hydrogen (secondary N) is 3. The van der Waals surface area contributed by atoms with E-state index in [4.69, 9.17) is 0 Å². The van der Waals surface area contributed by atoms with E-state index < -0.39 is 11.7 Å². The Morgan fingerprint density at radius 1 is 1.25 bits per heavy atom. The molecule has 0 spiro atoms. The predicted octanol–water partition coefficient (Wildman–Crippen LogP) is 4.48. The van der Waals surface area contributed by atoms with Crippen molar-refractivity contribution in [1.82, 2.24) is 19.9 Å².